The van der Waals surface area contributed by atoms with Crippen LogP contribution in [-0.2, 0) is 0 Å². The fraction of sp³-hybridized carbons (Fsp3) is 0. The number of amides is 1. The van der Waals surface area contributed by atoms with E-state index in [2.05, 4.69) is 5.32 Å². The standard InChI is InChI=1S/C26H19N3O/c30-26(23-17-9-13-19-10-7-8-16-22(19)23)27-25-18-24(20-11-3-1-4-12-20)28-29(25)21-14-5-2-6-15-21/h1-18H,(H,27,30). The van der Waals surface area contributed by atoms with Crippen molar-refractivity contribution in [3.05, 3.63) is 115 Å². The molecule has 0 aliphatic heterocycles. The normalized spacial score (nSPS) is 10.8. The Labute approximate surface area is 174 Å². The lowest BCUT2D eigenvalue weighted by Crippen LogP contribution is -2.15. The number of para-hydroxylation sites is 1. The van der Waals surface area contributed by atoms with Crippen LogP contribution >= 0.6 is 0 Å². The van der Waals surface area contributed by atoms with Crippen molar-refractivity contribution in [3.63, 3.8) is 0 Å². The minimum absolute atomic E-state index is 0.163. The van der Waals surface area contributed by atoms with Gasteiger partial charge in [0.15, 0.2) is 0 Å². The summed E-state index contributed by atoms with van der Waals surface area (Å²) in [4.78, 5) is 13.2. The highest BCUT2D eigenvalue weighted by molar-refractivity contribution is 6.12. The number of aromatic nitrogens is 2. The molecule has 0 aliphatic carbocycles. The number of nitrogens with zero attached hydrogens (tertiary/aromatic N) is 2. The zero-order valence-electron chi connectivity index (χ0n) is 16.2. The number of anilines is 1. The maximum atomic E-state index is 13.2. The van der Waals surface area contributed by atoms with E-state index >= 15 is 0 Å². The average Bonchev–Trinajstić information content (AvgIpc) is 3.23. The summed E-state index contributed by atoms with van der Waals surface area (Å²) in [6, 6.07) is 35.3. The molecule has 5 rings (SSSR count). The third-order valence-corrected chi connectivity index (χ3v) is 5.06. The number of hydrogen-bond donors (Lipinski definition) is 1. The molecule has 1 aromatic heterocycles. The van der Waals surface area contributed by atoms with Gasteiger partial charge in [0.05, 0.1) is 11.4 Å². The van der Waals surface area contributed by atoms with Crippen LogP contribution in [-0.4, -0.2) is 15.7 Å². The Kier molecular flexibility index (Phi) is 4.58. The minimum Gasteiger partial charge on any atom is -0.306 e. The lowest BCUT2D eigenvalue weighted by Gasteiger charge is -2.10. The summed E-state index contributed by atoms with van der Waals surface area (Å²) in [7, 11) is 0. The molecule has 4 heteroatoms. The Morgan fingerprint density at radius 3 is 2.20 bits per heavy atom. The zero-order chi connectivity index (χ0) is 20.3. The van der Waals surface area contributed by atoms with Crippen LogP contribution in [0.25, 0.3) is 27.7 Å². The van der Waals surface area contributed by atoms with Crippen molar-refractivity contribution in [2.24, 2.45) is 0 Å². The van der Waals surface area contributed by atoms with Gasteiger partial charge in [0.25, 0.3) is 5.91 Å². The van der Waals surface area contributed by atoms with E-state index in [9.17, 15) is 4.79 Å². The Bertz CT molecular complexity index is 1320. The van der Waals surface area contributed by atoms with Gasteiger partial charge in [-0.25, -0.2) is 4.68 Å². The molecule has 4 aromatic carbocycles. The van der Waals surface area contributed by atoms with E-state index in [1.165, 1.54) is 0 Å². The summed E-state index contributed by atoms with van der Waals surface area (Å²) in [5, 5.41) is 9.79. The smallest absolute Gasteiger partial charge is 0.257 e. The second-order valence-electron chi connectivity index (χ2n) is 7.01. The van der Waals surface area contributed by atoms with Gasteiger partial charge in [0.2, 0.25) is 0 Å². The van der Waals surface area contributed by atoms with Gasteiger partial charge in [0.1, 0.15) is 5.82 Å². The maximum Gasteiger partial charge on any atom is 0.257 e. The Balaban J connectivity index is 1.58. The molecule has 1 N–H and O–H groups in total. The van der Waals surface area contributed by atoms with Gasteiger partial charge in [-0.2, -0.15) is 5.10 Å². The molecule has 0 atom stereocenters. The third-order valence-electron chi connectivity index (χ3n) is 5.06. The molecule has 0 aliphatic rings. The molecule has 144 valence electrons. The van der Waals surface area contributed by atoms with Crippen LogP contribution < -0.4 is 5.32 Å². The van der Waals surface area contributed by atoms with E-state index in [0.29, 0.717) is 11.4 Å². The predicted molar refractivity (Wildman–Crippen MR) is 121 cm³/mol. The van der Waals surface area contributed by atoms with Crippen molar-refractivity contribution in [2.45, 2.75) is 0 Å². The zero-order valence-corrected chi connectivity index (χ0v) is 16.2. The second kappa shape index (κ2) is 7.68. The summed E-state index contributed by atoms with van der Waals surface area (Å²) in [5.74, 6) is 0.460. The number of fused-ring (bicyclic) bond motifs is 1. The van der Waals surface area contributed by atoms with Gasteiger partial charge < -0.3 is 5.32 Å². The molecular formula is C26H19N3O. The molecule has 0 saturated carbocycles. The monoisotopic (exact) mass is 389 g/mol. The molecule has 4 nitrogen and oxygen atoms in total. The Morgan fingerprint density at radius 2 is 1.40 bits per heavy atom. The van der Waals surface area contributed by atoms with Crippen molar-refractivity contribution >= 4 is 22.5 Å². The van der Waals surface area contributed by atoms with Crippen LogP contribution in [0.1, 0.15) is 10.4 Å². The van der Waals surface area contributed by atoms with Crippen LogP contribution in [0.4, 0.5) is 5.82 Å². The first-order valence-electron chi connectivity index (χ1n) is 9.80. The molecular weight excluding hydrogens is 370 g/mol. The van der Waals surface area contributed by atoms with E-state index in [1.807, 2.05) is 109 Å². The van der Waals surface area contributed by atoms with E-state index < -0.39 is 0 Å². The van der Waals surface area contributed by atoms with Crippen molar-refractivity contribution in [1.29, 1.82) is 0 Å². The highest BCUT2D eigenvalue weighted by Crippen LogP contribution is 2.26. The molecule has 1 amide bonds. The number of rotatable bonds is 4. The SMILES string of the molecule is O=C(Nc1cc(-c2ccccc2)nn1-c1ccccc1)c1cccc2ccccc12. The predicted octanol–water partition coefficient (Wildman–Crippen LogP) is 5.94. The van der Waals surface area contributed by atoms with E-state index in [0.717, 1.165) is 27.7 Å². The highest BCUT2D eigenvalue weighted by Gasteiger charge is 2.16. The van der Waals surface area contributed by atoms with Gasteiger partial charge >= 0.3 is 0 Å². The molecule has 1 heterocycles. The summed E-state index contributed by atoms with van der Waals surface area (Å²) in [5.41, 5.74) is 3.31. The highest BCUT2D eigenvalue weighted by atomic mass is 16.1. The summed E-state index contributed by atoms with van der Waals surface area (Å²) in [6.45, 7) is 0. The number of benzene rings is 4. The van der Waals surface area contributed by atoms with Crippen LogP contribution in [0.3, 0.4) is 0 Å². The van der Waals surface area contributed by atoms with E-state index in [4.69, 9.17) is 5.10 Å². The number of carbonyl (C=O) groups is 1. The van der Waals surface area contributed by atoms with Crippen LogP contribution in [0, 0.1) is 0 Å². The number of hydrogen-bond acceptors (Lipinski definition) is 2. The van der Waals surface area contributed by atoms with Crippen LogP contribution in [0.15, 0.2) is 109 Å². The fourth-order valence-electron chi connectivity index (χ4n) is 3.59. The van der Waals surface area contributed by atoms with Crippen molar-refractivity contribution < 1.29 is 4.79 Å². The maximum absolute atomic E-state index is 13.2. The van der Waals surface area contributed by atoms with E-state index in [-0.39, 0.29) is 5.91 Å². The summed E-state index contributed by atoms with van der Waals surface area (Å²) >= 11 is 0. The topological polar surface area (TPSA) is 46.9 Å². The van der Waals surface area contributed by atoms with Crippen molar-refractivity contribution in [3.8, 4) is 16.9 Å². The molecule has 0 radical (unpaired) electrons. The van der Waals surface area contributed by atoms with Gasteiger partial charge in [0, 0.05) is 17.2 Å². The van der Waals surface area contributed by atoms with Gasteiger partial charge in [-0.3, -0.25) is 4.79 Å². The second-order valence-corrected chi connectivity index (χ2v) is 7.01. The number of carbonyl (C=O) groups excluding carboxylic acids is 1. The van der Waals surface area contributed by atoms with Gasteiger partial charge in [-0.15, -0.1) is 0 Å². The fourth-order valence-corrected chi connectivity index (χ4v) is 3.59. The lowest BCUT2D eigenvalue weighted by atomic mass is 10.0. The minimum atomic E-state index is -0.163. The van der Waals surface area contributed by atoms with Crippen LogP contribution in [0.2, 0.25) is 0 Å². The largest absolute Gasteiger partial charge is 0.306 e. The van der Waals surface area contributed by atoms with Crippen LogP contribution in [0.5, 0.6) is 0 Å². The molecule has 0 unspecified atom stereocenters. The summed E-state index contributed by atoms with van der Waals surface area (Å²) in [6.07, 6.45) is 0. The molecule has 5 aromatic rings. The lowest BCUT2D eigenvalue weighted by molar-refractivity contribution is 0.102. The first-order chi connectivity index (χ1) is 14.8. The first kappa shape index (κ1) is 17.9. The van der Waals surface area contributed by atoms with Gasteiger partial charge in [-0.05, 0) is 29.0 Å². The van der Waals surface area contributed by atoms with Gasteiger partial charge in [-0.1, -0.05) is 84.9 Å². The third kappa shape index (κ3) is 3.35. The van der Waals surface area contributed by atoms with Crippen molar-refractivity contribution in [1.82, 2.24) is 9.78 Å². The molecule has 0 fully saturated rings. The quantitative estimate of drug-likeness (QED) is 0.413. The molecule has 0 spiro atoms. The molecule has 0 bridgehead atoms. The summed E-state index contributed by atoms with van der Waals surface area (Å²) < 4.78 is 1.77. The first-order valence-corrected chi connectivity index (χ1v) is 9.80. The Morgan fingerprint density at radius 1 is 0.733 bits per heavy atom. The van der Waals surface area contributed by atoms with Crippen molar-refractivity contribution in [2.75, 3.05) is 5.32 Å². The molecule has 30 heavy (non-hydrogen) atoms. The number of nitrogens with one attached hydrogen (secondary N) is 1. The Hall–Kier alpha value is -4.18. The average molecular weight is 389 g/mol. The van der Waals surface area contributed by atoms with E-state index in [1.54, 1.807) is 4.68 Å². The molecule has 0 saturated heterocycles.